The molecule has 2 aromatic carbocycles. The van der Waals surface area contributed by atoms with Crippen LogP contribution in [0.1, 0.15) is 6.42 Å². The van der Waals surface area contributed by atoms with Crippen molar-refractivity contribution < 1.29 is 4.74 Å². The molecule has 0 spiro atoms. The molecule has 2 N–H and O–H groups in total. The highest BCUT2D eigenvalue weighted by Gasteiger charge is 2.19. The number of hydrogen-bond donors (Lipinski definition) is 1. The first-order valence-electron chi connectivity index (χ1n) is 6.30. The molecule has 0 unspecified atom stereocenters. The van der Waals surface area contributed by atoms with Crippen LogP contribution in [0.3, 0.4) is 0 Å². The van der Waals surface area contributed by atoms with E-state index in [1.54, 1.807) is 0 Å². The molecule has 1 aliphatic rings. The van der Waals surface area contributed by atoms with Crippen LogP contribution >= 0.6 is 22.6 Å². The molecule has 0 saturated carbocycles. The van der Waals surface area contributed by atoms with Crippen molar-refractivity contribution in [3.05, 3.63) is 46.0 Å². The Hall–Kier alpha value is -1.43. The second-order valence-electron chi connectivity index (χ2n) is 4.53. The average Bonchev–Trinajstić information content (AvgIpc) is 2.61. The van der Waals surface area contributed by atoms with Crippen molar-refractivity contribution in [3.8, 4) is 5.75 Å². The Balaban J connectivity index is 2.09. The van der Waals surface area contributed by atoms with Crippen LogP contribution < -0.4 is 15.4 Å². The number of ether oxygens (including phenoxy) is 1. The van der Waals surface area contributed by atoms with Crippen LogP contribution in [0.2, 0.25) is 0 Å². The minimum atomic E-state index is 0.763. The summed E-state index contributed by atoms with van der Waals surface area (Å²) in [6.07, 6.45) is 1.01. The number of rotatable bonds is 1. The lowest BCUT2D eigenvalue weighted by Gasteiger charge is -2.25. The van der Waals surface area contributed by atoms with Gasteiger partial charge in [-0.3, -0.25) is 0 Å². The monoisotopic (exact) mass is 366 g/mol. The maximum absolute atomic E-state index is 5.83. The second-order valence-corrected chi connectivity index (χ2v) is 5.69. The Bertz CT molecular complexity index is 600. The average molecular weight is 366 g/mol. The maximum Gasteiger partial charge on any atom is 0.142 e. The third-order valence-corrected chi connectivity index (χ3v) is 4.07. The van der Waals surface area contributed by atoms with Gasteiger partial charge in [-0.15, -0.1) is 0 Å². The summed E-state index contributed by atoms with van der Waals surface area (Å²) in [5, 5.41) is 0. The van der Waals surface area contributed by atoms with Gasteiger partial charge in [-0.25, -0.2) is 0 Å². The van der Waals surface area contributed by atoms with Gasteiger partial charge in [-0.2, -0.15) is 0 Å². The van der Waals surface area contributed by atoms with Crippen molar-refractivity contribution in [2.45, 2.75) is 6.42 Å². The van der Waals surface area contributed by atoms with E-state index in [-0.39, 0.29) is 0 Å². The number of nitrogens with zero attached hydrogens (tertiary/aromatic N) is 1. The van der Waals surface area contributed by atoms with Crippen molar-refractivity contribution >= 4 is 39.7 Å². The molecule has 3 nitrogen and oxygen atoms in total. The minimum absolute atomic E-state index is 0.763. The van der Waals surface area contributed by atoms with E-state index in [0.717, 1.165) is 40.3 Å². The molecular weight excluding hydrogens is 351 g/mol. The normalized spacial score (nSPS) is 14.5. The molecule has 0 radical (unpaired) electrons. The predicted octanol–water partition coefficient (Wildman–Crippen LogP) is 3.79. The van der Waals surface area contributed by atoms with Gasteiger partial charge in [0.1, 0.15) is 5.75 Å². The summed E-state index contributed by atoms with van der Waals surface area (Å²) in [5.41, 5.74) is 8.95. The van der Waals surface area contributed by atoms with E-state index in [1.165, 1.54) is 5.69 Å². The highest BCUT2D eigenvalue weighted by molar-refractivity contribution is 14.1. The highest BCUT2D eigenvalue weighted by atomic mass is 127. The maximum atomic E-state index is 5.83. The number of hydrogen-bond acceptors (Lipinski definition) is 3. The first kappa shape index (κ1) is 12.6. The standard InChI is InChI=1S/C15H15IN2O/c16-12-10-11(17)6-7-13(12)18-8-3-9-19-15-5-2-1-4-14(15)18/h1-2,4-7,10H,3,8-9,17H2. The Kier molecular flexibility index (Phi) is 3.50. The predicted molar refractivity (Wildman–Crippen MR) is 87.1 cm³/mol. The molecule has 2 aromatic rings. The summed E-state index contributed by atoms with van der Waals surface area (Å²) >= 11 is 2.34. The van der Waals surface area contributed by atoms with Crippen molar-refractivity contribution in [3.63, 3.8) is 0 Å². The molecule has 1 heterocycles. The Morgan fingerprint density at radius 3 is 2.79 bits per heavy atom. The van der Waals surface area contributed by atoms with E-state index in [4.69, 9.17) is 10.5 Å². The first-order chi connectivity index (χ1) is 9.25. The van der Waals surface area contributed by atoms with E-state index >= 15 is 0 Å². The summed E-state index contributed by atoms with van der Waals surface area (Å²) < 4.78 is 6.96. The largest absolute Gasteiger partial charge is 0.491 e. The van der Waals surface area contributed by atoms with Crippen molar-refractivity contribution in [2.24, 2.45) is 0 Å². The summed E-state index contributed by atoms with van der Waals surface area (Å²) in [6.45, 7) is 1.72. The zero-order valence-corrected chi connectivity index (χ0v) is 12.6. The van der Waals surface area contributed by atoms with Crippen LogP contribution in [0.5, 0.6) is 5.75 Å². The van der Waals surface area contributed by atoms with Gasteiger partial charge in [0, 0.05) is 15.8 Å². The minimum Gasteiger partial charge on any atom is -0.491 e. The van der Waals surface area contributed by atoms with Crippen LogP contribution in [0.25, 0.3) is 0 Å². The lowest BCUT2D eigenvalue weighted by atomic mass is 10.2. The first-order valence-corrected chi connectivity index (χ1v) is 7.38. The molecule has 0 aromatic heterocycles. The van der Waals surface area contributed by atoms with Crippen molar-refractivity contribution in [1.82, 2.24) is 0 Å². The third-order valence-electron chi connectivity index (χ3n) is 3.20. The van der Waals surface area contributed by atoms with Gasteiger partial charge >= 0.3 is 0 Å². The Labute approximate surface area is 126 Å². The Morgan fingerprint density at radius 1 is 1.11 bits per heavy atom. The fraction of sp³-hybridized carbons (Fsp3) is 0.200. The van der Waals surface area contributed by atoms with Crippen LogP contribution in [-0.2, 0) is 0 Å². The second kappa shape index (κ2) is 5.28. The summed E-state index contributed by atoms with van der Waals surface area (Å²) in [4.78, 5) is 2.31. The van der Waals surface area contributed by atoms with Crippen molar-refractivity contribution in [2.75, 3.05) is 23.8 Å². The van der Waals surface area contributed by atoms with E-state index in [0.29, 0.717) is 0 Å². The molecule has 0 fully saturated rings. The topological polar surface area (TPSA) is 38.5 Å². The van der Waals surface area contributed by atoms with Crippen molar-refractivity contribution in [1.29, 1.82) is 0 Å². The van der Waals surface area contributed by atoms with Gasteiger partial charge in [-0.05, 0) is 59.3 Å². The zero-order valence-electron chi connectivity index (χ0n) is 10.5. The molecule has 19 heavy (non-hydrogen) atoms. The molecule has 0 saturated heterocycles. The summed E-state index contributed by atoms with van der Waals surface area (Å²) in [6, 6.07) is 14.2. The number of nitrogens with two attached hydrogens (primary N) is 1. The fourth-order valence-electron chi connectivity index (χ4n) is 2.32. The number of para-hydroxylation sites is 2. The highest BCUT2D eigenvalue weighted by Crippen LogP contribution is 2.38. The van der Waals surface area contributed by atoms with Gasteiger partial charge in [-0.1, -0.05) is 12.1 Å². The quantitative estimate of drug-likeness (QED) is 0.617. The van der Waals surface area contributed by atoms with Crippen LogP contribution in [0.15, 0.2) is 42.5 Å². The van der Waals surface area contributed by atoms with E-state index < -0.39 is 0 Å². The molecule has 0 bridgehead atoms. The fourth-order valence-corrected chi connectivity index (χ4v) is 3.15. The molecule has 3 rings (SSSR count). The molecule has 0 amide bonds. The molecule has 0 aliphatic carbocycles. The number of fused-ring (bicyclic) bond motifs is 1. The number of nitrogen functional groups attached to an aromatic ring is 1. The number of anilines is 3. The lowest BCUT2D eigenvalue weighted by Crippen LogP contribution is -2.18. The number of benzene rings is 2. The van der Waals surface area contributed by atoms with E-state index in [1.807, 2.05) is 30.3 Å². The van der Waals surface area contributed by atoms with Gasteiger partial charge in [0.2, 0.25) is 0 Å². The van der Waals surface area contributed by atoms with Crippen LogP contribution in [-0.4, -0.2) is 13.2 Å². The summed E-state index contributed by atoms with van der Waals surface area (Å²) in [5.74, 6) is 0.952. The zero-order chi connectivity index (χ0) is 13.2. The molecule has 4 heteroatoms. The molecule has 0 atom stereocenters. The third kappa shape index (κ3) is 2.49. The molecule has 1 aliphatic heterocycles. The van der Waals surface area contributed by atoms with Crippen LogP contribution in [0.4, 0.5) is 17.1 Å². The van der Waals surface area contributed by atoms with Crippen LogP contribution in [0, 0.1) is 3.57 Å². The van der Waals surface area contributed by atoms with E-state index in [9.17, 15) is 0 Å². The lowest BCUT2D eigenvalue weighted by molar-refractivity contribution is 0.322. The van der Waals surface area contributed by atoms with Gasteiger partial charge in [0.05, 0.1) is 18.0 Å². The molecule has 98 valence electrons. The smallest absolute Gasteiger partial charge is 0.142 e. The van der Waals surface area contributed by atoms with Gasteiger partial charge in [0.25, 0.3) is 0 Å². The van der Waals surface area contributed by atoms with E-state index in [2.05, 4.69) is 39.6 Å². The molecular formula is C15H15IN2O. The van der Waals surface area contributed by atoms with Gasteiger partial charge in [0.15, 0.2) is 0 Å². The number of halogens is 1. The summed E-state index contributed by atoms with van der Waals surface area (Å²) in [7, 11) is 0. The SMILES string of the molecule is Nc1ccc(N2CCCOc3ccccc32)c(I)c1. The van der Waals surface area contributed by atoms with Gasteiger partial charge < -0.3 is 15.4 Å². The Morgan fingerprint density at radius 2 is 1.95 bits per heavy atom.